The standard InChI is InChI=1S/C11H20O5Si/c1-8(2)11(13)14-6-4-5-9(3)15-7-10(12)16-17/h9H,1,4-7H2,2-3,17H3. The largest absolute Gasteiger partial charge is 0.527 e. The summed E-state index contributed by atoms with van der Waals surface area (Å²) in [5, 5.41) is 0. The van der Waals surface area contributed by atoms with E-state index in [1.165, 1.54) is 0 Å². The van der Waals surface area contributed by atoms with Crippen LogP contribution in [0.1, 0.15) is 26.7 Å². The fourth-order valence-electron chi connectivity index (χ4n) is 1.01. The molecular formula is C11H20O5Si. The lowest BCUT2D eigenvalue weighted by Crippen LogP contribution is -2.17. The molecule has 0 heterocycles. The molecule has 0 amide bonds. The molecule has 0 N–H and O–H groups in total. The average Bonchev–Trinajstić information content (AvgIpc) is 2.30. The Morgan fingerprint density at radius 3 is 2.59 bits per heavy atom. The third-order valence-electron chi connectivity index (χ3n) is 2.05. The van der Waals surface area contributed by atoms with Crippen LogP contribution in [0.25, 0.3) is 0 Å². The molecule has 0 fully saturated rings. The molecule has 0 aromatic heterocycles. The first-order valence-corrected chi connectivity index (χ1v) is 6.30. The summed E-state index contributed by atoms with van der Waals surface area (Å²) < 4.78 is 14.7. The minimum absolute atomic E-state index is 0.0176. The van der Waals surface area contributed by atoms with Gasteiger partial charge in [-0.25, -0.2) is 4.79 Å². The summed E-state index contributed by atoms with van der Waals surface area (Å²) in [6.07, 6.45) is 1.35. The number of hydrogen-bond acceptors (Lipinski definition) is 5. The summed E-state index contributed by atoms with van der Waals surface area (Å²) in [5.74, 6) is -0.713. The SMILES string of the molecule is C=C(C)C(=O)OCCCC(C)OCC(=O)O[SiH3]. The monoisotopic (exact) mass is 260 g/mol. The quantitative estimate of drug-likeness (QED) is 0.268. The van der Waals surface area contributed by atoms with Gasteiger partial charge in [0.25, 0.3) is 0 Å². The van der Waals surface area contributed by atoms with Gasteiger partial charge < -0.3 is 13.9 Å². The maximum Gasteiger partial charge on any atom is 0.333 e. The zero-order valence-corrected chi connectivity index (χ0v) is 12.7. The Hall–Kier alpha value is -1.14. The highest BCUT2D eigenvalue weighted by Crippen LogP contribution is 2.03. The van der Waals surface area contributed by atoms with E-state index in [2.05, 4.69) is 11.0 Å². The van der Waals surface area contributed by atoms with Crippen molar-refractivity contribution in [3.05, 3.63) is 12.2 Å². The van der Waals surface area contributed by atoms with Crippen LogP contribution in [0, 0.1) is 0 Å². The van der Waals surface area contributed by atoms with Crippen LogP contribution in [0.15, 0.2) is 12.2 Å². The molecule has 5 nitrogen and oxygen atoms in total. The zero-order chi connectivity index (χ0) is 13.3. The second kappa shape index (κ2) is 8.95. The molecule has 0 saturated heterocycles. The van der Waals surface area contributed by atoms with Crippen LogP contribution < -0.4 is 0 Å². The van der Waals surface area contributed by atoms with E-state index >= 15 is 0 Å². The molecule has 0 saturated carbocycles. The molecule has 98 valence electrons. The molecule has 1 atom stereocenters. The van der Waals surface area contributed by atoms with Crippen LogP contribution >= 0.6 is 0 Å². The third-order valence-corrected chi connectivity index (χ3v) is 2.51. The Kier molecular flexibility index (Phi) is 8.34. The van der Waals surface area contributed by atoms with Crippen LogP contribution in [0.4, 0.5) is 0 Å². The fourth-order valence-corrected chi connectivity index (χ4v) is 1.13. The van der Waals surface area contributed by atoms with Crippen molar-refractivity contribution in [1.82, 2.24) is 0 Å². The van der Waals surface area contributed by atoms with Crippen molar-refractivity contribution < 1.29 is 23.5 Å². The number of carbonyl (C=O) groups excluding carboxylic acids is 2. The van der Waals surface area contributed by atoms with Gasteiger partial charge >= 0.3 is 11.9 Å². The second-order valence-corrected chi connectivity index (χ2v) is 4.16. The first kappa shape index (κ1) is 15.9. The van der Waals surface area contributed by atoms with E-state index in [0.717, 1.165) is 6.42 Å². The van der Waals surface area contributed by atoms with E-state index in [0.29, 0.717) is 29.1 Å². The van der Waals surface area contributed by atoms with Gasteiger partial charge in [0.2, 0.25) is 10.5 Å². The summed E-state index contributed by atoms with van der Waals surface area (Å²) in [5.41, 5.74) is 0.393. The Morgan fingerprint density at radius 2 is 2.06 bits per heavy atom. The molecule has 0 bridgehead atoms. The van der Waals surface area contributed by atoms with Crippen molar-refractivity contribution in [2.75, 3.05) is 13.2 Å². The van der Waals surface area contributed by atoms with E-state index in [9.17, 15) is 9.59 Å². The molecule has 0 spiro atoms. The van der Waals surface area contributed by atoms with Gasteiger partial charge in [0, 0.05) is 5.57 Å². The van der Waals surface area contributed by atoms with Crippen LogP contribution in [0.5, 0.6) is 0 Å². The van der Waals surface area contributed by atoms with Gasteiger partial charge in [0.1, 0.15) is 6.61 Å². The highest BCUT2D eigenvalue weighted by molar-refractivity contribution is 6.05. The highest BCUT2D eigenvalue weighted by atomic mass is 28.2. The van der Waals surface area contributed by atoms with Crippen molar-refractivity contribution in [3.8, 4) is 0 Å². The molecule has 0 aliphatic heterocycles. The lowest BCUT2D eigenvalue weighted by molar-refractivity contribution is -0.141. The smallest absolute Gasteiger partial charge is 0.333 e. The normalized spacial score (nSPS) is 11.9. The maximum absolute atomic E-state index is 11.0. The third kappa shape index (κ3) is 8.64. The molecule has 6 heteroatoms. The minimum atomic E-state index is -0.377. The summed E-state index contributed by atoms with van der Waals surface area (Å²) in [4.78, 5) is 21.8. The Labute approximate surface area is 105 Å². The molecule has 0 radical (unpaired) electrons. The van der Waals surface area contributed by atoms with Crippen LogP contribution in [0.3, 0.4) is 0 Å². The van der Waals surface area contributed by atoms with Gasteiger partial charge in [0.05, 0.1) is 12.7 Å². The summed E-state index contributed by atoms with van der Waals surface area (Å²) >= 11 is 0. The van der Waals surface area contributed by atoms with E-state index in [-0.39, 0.29) is 24.6 Å². The Morgan fingerprint density at radius 1 is 1.41 bits per heavy atom. The number of esters is 1. The van der Waals surface area contributed by atoms with Crippen molar-refractivity contribution in [3.63, 3.8) is 0 Å². The molecule has 0 rings (SSSR count). The van der Waals surface area contributed by atoms with Crippen molar-refractivity contribution in [2.45, 2.75) is 32.8 Å². The Bertz CT molecular complexity index is 277. The van der Waals surface area contributed by atoms with Gasteiger partial charge in [-0.3, -0.25) is 4.79 Å². The molecule has 0 aromatic carbocycles. The number of hydrogen-bond donors (Lipinski definition) is 0. The van der Waals surface area contributed by atoms with E-state index in [1.807, 2.05) is 6.92 Å². The van der Waals surface area contributed by atoms with E-state index in [1.54, 1.807) is 6.92 Å². The fraction of sp³-hybridized carbons (Fsp3) is 0.636. The summed E-state index contributed by atoms with van der Waals surface area (Å²) in [7, 11) is 0.387. The average molecular weight is 260 g/mol. The first-order chi connectivity index (χ1) is 7.97. The second-order valence-electron chi connectivity index (χ2n) is 3.76. The van der Waals surface area contributed by atoms with Crippen LogP contribution in [-0.2, 0) is 23.5 Å². The lowest BCUT2D eigenvalue weighted by atomic mass is 10.2. The summed E-state index contributed by atoms with van der Waals surface area (Å²) in [6, 6.07) is 0. The number of ether oxygens (including phenoxy) is 2. The van der Waals surface area contributed by atoms with Crippen molar-refractivity contribution >= 4 is 22.4 Å². The predicted octanol–water partition coefficient (Wildman–Crippen LogP) is 0.115. The zero-order valence-electron chi connectivity index (χ0n) is 10.7. The van der Waals surface area contributed by atoms with Crippen molar-refractivity contribution in [1.29, 1.82) is 0 Å². The topological polar surface area (TPSA) is 61.8 Å². The van der Waals surface area contributed by atoms with Gasteiger partial charge in [-0.2, -0.15) is 0 Å². The molecule has 1 unspecified atom stereocenters. The van der Waals surface area contributed by atoms with Gasteiger partial charge in [0.15, 0.2) is 0 Å². The predicted molar refractivity (Wildman–Crippen MR) is 66.5 cm³/mol. The molecule has 0 aromatic rings. The first-order valence-electron chi connectivity index (χ1n) is 5.48. The number of rotatable bonds is 8. The highest BCUT2D eigenvalue weighted by Gasteiger charge is 2.07. The maximum atomic E-state index is 11.0. The molecule has 17 heavy (non-hydrogen) atoms. The summed E-state index contributed by atoms with van der Waals surface area (Å²) in [6.45, 7) is 7.27. The minimum Gasteiger partial charge on any atom is -0.527 e. The molecular weight excluding hydrogens is 240 g/mol. The van der Waals surface area contributed by atoms with Gasteiger partial charge in [-0.1, -0.05) is 6.58 Å². The lowest BCUT2D eigenvalue weighted by Gasteiger charge is -2.12. The van der Waals surface area contributed by atoms with Gasteiger partial charge in [-0.15, -0.1) is 0 Å². The molecule has 0 aliphatic rings. The van der Waals surface area contributed by atoms with E-state index < -0.39 is 0 Å². The Balaban J connectivity index is 3.51. The molecule has 0 aliphatic carbocycles. The van der Waals surface area contributed by atoms with Crippen molar-refractivity contribution in [2.24, 2.45) is 0 Å². The number of carbonyl (C=O) groups is 2. The van der Waals surface area contributed by atoms with Gasteiger partial charge in [-0.05, 0) is 26.7 Å². The van der Waals surface area contributed by atoms with Crippen LogP contribution in [0.2, 0.25) is 0 Å². The van der Waals surface area contributed by atoms with E-state index in [4.69, 9.17) is 9.47 Å². The van der Waals surface area contributed by atoms with Crippen LogP contribution in [-0.4, -0.2) is 41.7 Å².